The second-order valence-corrected chi connectivity index (χ2v) is 18.7. The lowest BCUT2D eigenvalue weighted by molar-refractivity contribution is -0.164. The van der Waals surface area contributed by atoms with Crippen molar-refractivity contribution in [3.8, 4) is 11.8 Å². The Balaban J connectivity index is 0.746. The second-order valence-electron chi connectivity index (χ2n) is 18.3. The zero-order chi connectivity index (χ0) is 42.2. The van der Waals surface area contributed by atoms with Crippen LogP contribution in [0.4, 0.5) is 11.5 Å². The number of imide groups is 2. The van der Waals surface area contributed by atoms with Gasteiger partial charge in [0.2, 0.25) is 11.8 Å². The summed E-state index contributed by atoms with van der Waals surface area (Å²) in [7, 11) is 0. The van der Waals surface area contributed by atoms with Crippen LogP contribution in [0.1, 0.15) is 96.6 Å². The summed E-state index contributed by atoms with van der Waals surface area (Å²) in [5.74, 6) is -0.379. The predicted octanol–water partition coefficient (Wildman–Crippen LogP) is 4.19. The number of nitriles is 1. The molecule has 1 saturated carbocycles. The summed E-state index contributed by atoms with van der Waals surface area (Å²) in [6.07, 6.45) is 3.19. The second kappa shape index (κ2) is 14.8. The summed E-state index contributed by atoms with van der Waals surface area (Å²) in [6, 6.07) is 15.7. The molecule has 7 aliphatic rings. The molecular weight excluding hydrogens is 786 g/mol. The van der Waals surface area contributed by atoms with Crippen molar-refractivity contribution in [1.82, 2.24) is 30.6 Å². The normalized spacial score (nSPS) is 27.1. The van der Waals surface area contributed by atoms with E-state index in [1.807, 2.05) is 12.1 Å². The summed E-state index contributed by atoms with van der Waals surface area (Å²) < 4.78 is 6.36. The molecule has 312 valence electrons. The smallest absolute Gasteiger partial charge is 0.272 e. The Morgan fingerprint density at radius 2 is 1.63 bits per heavy atom. The average Bonchev–Trinajstić information content (AvgIpc) is 3.48. The fraction of sp³-hybridized carbons (Fsp3) is 0.500. The largest absolute Gasteiger partial charge is 0.489 e. The van der Waals surface area contributed by atoms with Gasteiger partial charge in [-0.2, -0.15) is 5.26 Å². The van der Waals surface area contributed by atoms with Gasteiger partial charge in [-0.05, 0) is 74.1 Å². The fourth-order valence-electron chi connectivity index (χ4n) is 10.9. The summed E-state index contributed by atoms with van der Waals surface area (Å²) in [6.45, 7) is 12.7. The maximum absolute atomic E-state index is 13.4. The Kier molecular flexibility index (Phi) is 9.86. The Bertz CT molecular complexity index is 2310. The van der Waals surface area contributed by atoms with Crippen molar-refractivity contribution in [3.63, 3.8) is 0 Å². The molecule has 6 fully saturated rings. The number of benzene rings is 2. The predicted molar refractivity (Wildman–Crippen MR) is 221 cm³/mol. The molecule has 1 aromatic heterocycles. The molecule has 2 aromatic carbocycles. The van der Waals surface area contributed by atoms with Gasteiger partial charge in [-0.25, -0.2) is 0 Å². The molecule has 2 bridgehead atoms. The highest BCUT2D eigenvalue weighted by Gasteiger charge is 2.64. The van der Waals surface area contributed by atoms with Crippen LogP contribution in [0.25, 0.3) is 0 Å². The van der Waals surface area contributed by atoms with E-state index in [2.05, 4.69) is 69.3 Å². The van der Waals surface area contributed by atoms with Crippen molar-refractivity contribution < 1.29 is 28.7 Å². The molecule has 5 amide bonds. The molecule has 1 aliphatic carbocycles. The first-order valence-electron chi connectivity index (χ1n) is 20.8. The number of aromatic nitrogens is 2. The van der Waals surface area contributed by atoms with Crippen LogP contribution in [0.15, 0.2) is 48.5 Å². The zero-order valence-electron chi connectivity index (χ0n) is 34.1. The van der Waals surface area contributed by atoms with Crippen LogP contribution in [0, 0.1) is 28.1 Å². The number of piperazine rings is 1. The molecule has 7 heterocycles. The first kappa shape index (κ1) is 39.8. The average molecular weight is 834 g/mol. The van der Waals surface area contributed by atoms with E-state index in [4.69, 9.17) is 16.3 Å². The molecule has 5 saturated heterocycles. The lowest BCUT2D eigenvalue weighted by atomic mass is 9.49. The first-order valence-corrected chi connectivity index (χ1v) is 21.1. The number of nitrogens with zero attached hydrogens (tertiary/aromatic N) is 7. The number of fused-ring (bicyclic) bond motifs is 3. The van der Waals surface area contributed by atoms with E-state index < -0.39 is 40.5 Å². The summed E-state index contributed by atoms with van der Waals surface area (Å²) in [5.41, 5.74) is 1.35. The van der Waals surface area contributed by atoms with Crippen LogP contribution >= 0.6 is 11.6 Å². The topological polar surface area (TPSA) is 181 Å². The highest BCUT2D eigenvalue weighted by Crippen LogP contribution is 2.55. The fourth-order valence-corrected chi connectivity index (χ4v) is 11.1. The number of ether oxygens (including phenoxy) is 1. The highest BCUT2D eigenvalue weighted by atomic mass is 35.5. The van der Waals surface area contributed by atoms with Crippen molar-refractivity contribution in [2.75, 3.05) is 42.5 Å². The molecule has 3 atom stereocenters. The molecule has 10 rings (SSSR count). The van der Waals surface area contributed by atoms with Crippen LogP contribution in [0.3, 0.4) is 0 Å². The van der Waals surface area contributed by atoms with Crippen LogP contribution in [-0.4, -0.2) is 113 Å². The Hall–Kier alpha value is -5.59. The standard InChI is InChI=1S/C44H48ClN9O6/c1-43(2)41(44(3,4)42(43)60-29-7-5-25(20-46)32(45)19-29)48-37(56)33-9-11-35(50-49-33)51-15-13-24(14-16-51)21-53-27-17-28(53)23-52(22-27)26-6-8-30-31(18-26)40(59)54(39(30)58)34-10-12-36(55)47-38(34)57/h5-9,11,18-19,24,27-28,34,41-42H,10,12-17,21-23H2,1-4H3,(H,48,56)(H,47,55,57). The Morgan fingerprint density at radius 3 is 2.28 bits per heavy atom. The molecule has 0 radical (unpaired) electrons. The third-order valence-electron chi connectivity index (χ3n) is 13.9. The number of nitrogens with one attached hydrogen (secondary N) is 2. The van der Waals surface area contributed by atoms with Gasteiger partial charge in [0.25, 0.3) is 17.7 Å². The van der Waals surface area contributed by atoms with Gasteiger partial charge in [-0.15, -0.1) is 10.2 Å². The SMILES string of the molecule is CC1(C)C(NC(=O)c2ccc(N3CCC(CN4C5CC4CN(c4ccc6c(c4)C(=O)N(C4CCC(=O)NC4=O)C6=O)C5)CC3)nn2)C(C)(C)C1Oc1ccc(C#N)c(Cl)c1. The van der Waals surface area contributed by atoms with E-state index in [1.165, 1.54) is 0 Å². The molecule has 0 spiro atoms. The highest BCUT2D eigenvalue weighted by molar-refractivity contribution is 6.31. The van der Waals surface area contributed by atoms with Crippen LogP contribution in [-0.2, 0) is 9.59 Å². The van der Waals surface area contributed by atoms with E-state index in [0.29, 0.717) is 45.5 Å². The maximum Gasteiger partial charge on any atom is 0.272 e. The summed E-state index contributed by atoms with van der Waals surface area (Å²) >= 11 is 6.25. The number of piperidine rings is 3. The number of hydrogen-bond donors (Lipinski definition) is 2. The lowest BCUT2D eigenvalue weighted by Crippen LogP contribution is -2.74. The number of rotatable bonds is 9. The van der Waals surface area contributed by atoms with Gasteiger partial charge in [0, 0.05) is 79.9 Å². The zero-order valence-corrected chi connectivity index (χ0v) is 34.9. The van der Waals surface area contributed by atoms with Crippen LogP contribution < -0.4 is 25.2 Å². The minimum absolute atomic E-state index is 0.0876. The van der Waals surface area contributed by atoms with Gasteiger partial charge in [0.15, 0.2) is 11.5 Å². The number of halogens is 1. The summed E-state index contributed by atoms with van der Waals surface area (Å²) in [4.78, 5) is 72.3. The van der Waals surface area contributed by atoms with Crippen molar-refractivity contribution in [2.24, 2.45) is 16.7 Å². The van der Waals surface area contributed by atoms with Gasteiger partial charge >= 0.3 is 0 Å². The minimum atomic E-state index is -0.979. The van der Waals surface area contributed by atoms with Gasteiger partial charge in [-0.3, -0.25) is 39.1 Å². The summed E-state index contributed by atoms with van der Waals surface area (Å²) in [5, 5.41) is 23.8. The first-order chi connectivity index (χ1) is 28.6. The van der Waals surface area contributed by atoms with E-state index in [0.717, 1.165) is 68.4 Å². The molecule has 60 heavy (non-hydrogen) atoms. The molecule has 3 unspecified atom stereocenters. The Labute approximate surface area is 353 Å². The van der Waals surface area contributed by atoms with Gasteiger partial charge in [0.05, 0.1) is 21.7 Å². The minimum Gasteiger partial charge on any atom is -0.489 e. The number of carbonyl (C=O) groups is 5. The lowest BCUT2D eigenvalue weighted by Gasteiger charge is -2.63. The van der Waals surface area contributed by atoms with Crippen molar-refractivity contribution >= 4 is 52.6 Å². The van der Waals surface area contributed by atoms with Crippen molar-refractivity contribution in [3.05, 3.63) is 75.9 Å². The number of carbonyl (C=O) groups excluding carboxylic acids is 5. The maximum atomic E-state index is 13.4. The number of anilines is 2. The van der Waals surface area contributed by atoms with Crippen molar-refractivity contribution in [1.29, 1.82) is 5.26 Å². The molecule has 15 nitrogen and oxygen atoms in total. The molecular formula is C44H48ClN9O6. The molecule has 16 heteroatoms. The third-order valence-corrected chi connectivity index (χ3v) is 14.2. The van der Waals surface area contributed by atoms with Crippen molar-refractivity contribution in [2.45, 2.75) is 90.1 Å². The van der Waals surface area contributed by atoms with E-state index in [-0.39, 0.29) is 36.6 Å². The van der Waals surface area contributed by atoms with E-state index in [9.17, 15) is 29.2 Å². The molecule has 3 aromatic rings. The van der Waals surface area contributed by atoms with Crippen LogP contribution in [0.5, 0.6) is 5.75 Å². The van der Waals surface area contributed by atoms with E-state index >= 15 is 0 Å². The van der Waals surface area contributed by atoms with E-state index in [1.54, 1.807) is 36.4 Å². The van der Waals surface area contributed by atoms with Gasteiger partial charge < -0.3 is 19.9 Å². The molecule has 2 N–H and O–H groups in total. The quantitative estimate of drug-likeness (QED) is 0.294. The number of hydrogen-bond acceptors (Lipinski definition) is 12. The third kappa shape index (κ3) is 6.74. The van der Waals surface area contributed by atoms with Gasteiger partial charge in [0.1, 0.15) is 24.0 Å². The van der Waals surface area contributed by atoms with Crippen LogP contribution in [0.2, 0.25) is 5.02 Å². The van der Waals surface area contributed by atoms with Gasteiger partial charge in [-0.1, -0.05) is 39.3 Å². The molecule has 6 aliphatic heterocycles. The monoisotopic (exact) mass is 833 g/mol. The number of amides is 5. The Morgan fingerprint density at radius 1 is 0.917 bits per heavy atom.